The number of benzene rings is 2. The van der Waals surface area contributed by atoms with Crippen LogP contribution in [0.2, 0.25) is 0 Å². The zero-order chi connectivity index (χ0) is 22.6. The number of hydrogen-bond donors (Lipinski definition) is 1. The molecular formula is C22H27N5O3S2. The topological polar surface area (TPSA) is 103 Å². The smallest absolute Gasteiger partial charge is 0.238 e. The van der Waals surface area contributed by atoms with E-state index in [-0.39, 0.29) is 4.90 Å². The van der Waals surface area contributed by atoms with Crippen LogP contribution >= 0.6 is 11.8 Å². The van der Waals surface area contributed by atoms with E-state index in [1.807, 2.05) is 0 Å². The first-order valence-electron chi connectivity index (χ1n) is 10.6. The van der Waals surface area contributed by atoms with Crippen molar-refractivity contribution in [2.45, 2.75) is 36.2 Å². The molecule has 1 aliphatic heterocycles. The number of anilines is 1. The number of rotatable bonds is 8. The van der Waals surface area contributed by atoms with E-state index in [1.165, 1.54) is 37.0 Å². The molecule has 3 aromatic rings. The minimum Gasteiger partial charge on any atom is -0.493 e. The van der Waals surface area contributed by atoms with E-state index in [4.69, 9.17) is 9.88 Å². The van der Waals surface area contributed by atoms with E-state index in [1.54, 1.807) is 23.9 Å². The van der Waals surface area contributed by atoms with E-state index in [9.17, 15) is 8.42 Å². The molecule has 1 aliphatic rings. The van der Waals surface area contributed by atoms with Crippen LogP contribution in [0.25, 0.3) is 5.69 Å². The lowest BCUT2D eigenvalue weighted by Crippen LogP contribution is -2.31. The molecule has 2 heterocycles. The Balaban J connectivity index is 1.45. The Morgan fingerprint density at radius 1 is 1.00 bits per heavy atom. The molecule has 32 heavy (non-hydrogen) atoms. The number of thioether (sulfide) groups is 1. The van der Waals surface area contributed by atoms with Crippen LogP contribution in [-0.4, -0.2) is 48.6 Å². The Kier molecular flexibility index (Phi) is 7.02. The zero-order valence-electron chi connectivity index (χ0n) is 18.0. The van der Waals surface area contributed by atoms with Gasteiger partial charge in [-0.2, -0.15) is 0 Å². The Morgan fingerprint density at radius 2 is 1.69 bits per heavy atom. The number of primary sulfonamides is 1. The lowest BCUT2D eigenvalue weighted by molar-refractivity contribution is 0.343. The summed E-state index contributed by atoms with van der Waals surface area (Å²) in [5, 5.41) is 14.9. The summed E-state index contributed by atoms with van der Waals surface area (Å²) in [6, 6.07) is 14.5. The quantitative estimate of drug-likeness (QED) is 0.395. The summed E-state index contributed by atoms with van der Waals surface area (Å²) in [4.78, 5) is 2.37. The predicted octanol–water partition coefficient (Wildman–Crippen LogP) is 3.38. The molecule has 1 fully saturated rings. The van der Waals surface area contributed by atoms with Gasteiger partial charge in [-0.05, 0) is 62.6 Å². The van der Waals surface area contributed by atoms with Gasteiger partial charge in [0.15, 0.2) is 5.16 Å². The molecule has 0 saturated carbocycles. The van der Waals surface area contributed by atoms with Crippen molar-refractivity contribution in [2.24, 2.45) is 5.14 Å². The van der Waals surface area contributed by atoms with Crippen molar-refractivity contribution < 1.29 is 13.2 Å². The van der Waals surface area contributed by atoms with Gasteiger partial charge in [-0.15, -0.1) is 10.2 Å². The summed E-state index contributed by atoms with van der Waals surface area (Å²) in [7, 11) is -3.70. The second kappa shape index (κ2) is 9.93. The first-order valence-corrected chi connectivity index (χ1v) is 13.1. The average molecular weight is 474 g/mol. The Labute approximate surface area is 192 Å². The summed E-state index contributed by atoms with van der Waals surface area (Å²) in [5.41, 5.74) is 2.25. The molecule has 0 spiro atoms. The van der Waals surface area contributed by atoms with Crippen molar-refractivity contribution in [1.82, 2.24) is 14.8 Å². The fraction of sp³-hybridized carbons (Fsp3) is 0.364. The van der Waals surface area contributed by atoms with Crippen LogP contribution in [-0.2, 0) is 10.0 Å². The summed E-state index contributed by atoms with van der Waals surface area (Å²) in [6.45, 7) is 4.50. The van der Waals surface area contributed by atoms with E-state index in [0.29, 0.717) is 18.1 Å². The van der Waals surface area contributed by atoms with Gasteiger partial charge < -0.3 is 9.64 Å². The molecule has 0 amide bonds. The van der Waals surface area contributed by atoms with Crippen LogP contribution < -0.4 is 14.8 Å². The van der Waals surface area contributed by atoms with Crippen molar-refractivity contribution in [3.8, 4) is 11.4 Å². The van der Waals surface area contributed by atoms with Crippen molar-refractivity contribution >= 4 is 27.7 Å². The van der Waals surface area contributed by atoms with Gasteiger partial charge in [0.05, 0.1) is 17.2 Å². The average Bonchev–Trinajstić information content (AvgIpc) is 3.21. The van der Waals surface area contributed by atoms with Gasteiger partial charge >= 0.3 is 0 Å². The van der Waals surface area contributed by atoms with Gasteiger partial charge in [-0.3, -0.25) is 4.57 Å². The number of hydrogen-bond acceptors (Lipinski definition) is 7. The molecule has 8 nitrogen and oxygen atoms in total. The number of aryl methyl sites for hydroxylation is 1. The van der Waals surface area contributed by atoms with Crippen LogP contribution in [0.15, 0.2) is 58.6 Å². The molecule has 170 valence electrons. The lowest BCUT2D eigenvalue weighted by Gasteiger charge is -2.27. The molecule has 2 aromatic carbocycles. The van der Waals surface area contributed by atoms with E-state index >= 15 is 0 Å². The maximum atomic E-state index is 11.4. The number of sulfonamides is 1. The number of ether oxygens (including phenoxy) is 1. The maximum absolute atomic E-state index is 11.4. The van der Waals surface area contributed by atoms with Crippen LogP contribution in [0, 0.1) is 6.92 Å². The standard InChI is InChI=1S/C22H27N5O3S2/c1-17-5-7-18(8-6-17)27-21(26-13-3-2-4-14-26)24-25-22(27)31-16-15-30-19-9-11-20(12-10-19)32(23,28)29/h5-12H,2-4,13-16H2,1H3,(H2,23,28,29). The highest BCUT2D eigenvalue weighted by molar-refractivity contribution is 7.99. The maximum Gasteiger partial charge on any atom is 0.238 e. The van der Waals surface area contributed by atoms with E-state index < -0.39 is 10.0 Å². The molecule has 0 unspecified atom stereocenters. The largest absolute Gasteiger partial charge is 0.493 e. The highest BCUT2D eigenvalue weighted by Gasteiger charge is 2.21. The Morgan fingerprint density at radius 3 is 2.34 bits per heavy atom. The molecule has 2 N–H and O–H groups in total. The minimum atomic E-state index is -3.70. The fourth-order valence-electron chi connectivity index (χ4n) is 3.59. The van der Waals surface area contributed by atoms with Crippen molar-refractivity contribution in [3.63, 3.8) is 0 Å². The summed E-state index contributed by atoms with van der Waals surface area (Å²) >= 11 is 1.58. The zero-order valence-corrected chi connectivity index (χ0v) is 19.6. The molecule has 4 rings (SSSR count). The highest BCUT2D eigenvalue weighted by atomic mass is 32.2. The van der Waals surface area contributed by atoms with Gasteiger partial charge in [-0.1, -0.05) is 29.5 Å². The molecule has 0 aliphatic carbocycles. The van der Waals surface area contributed by atoms with E-state index in [2.05, 4.69) is 50.9 Å². The summed E-state index contributed by atoms with van der Waals surface area (Å²) in [6.07, 6.45) is 3.59. The van der Waals surface area contributed by atoms with Crippen molar-refractivity contribution in [1.29, 1.82) is 0 Å². The lowest BCUT2D eigenvalue weighted by atomic mass is 10.1. The number of nitrogens with zero attached hydrogens (tertiary/aromatic N) is 4. The van der Waals surface area contributed by atoms with Gasteiger partial charge in [0.1, 0.15) is 5.75 Å². The second-order valence-electron chi connectivity index (χ2n) is 7.71. The number of aromatic nitrogens is 3. The molecule has 10 heteroatoms. The summed E-state index contributed by atoms with van der Waals surface area (Å²) < 4.78 is 30.6. The van der Waals surface area contributed by atoms with Gasteiger partial charge in [0, 0.05) is 18.8 Å². The van der Waals surface area contributed by atoms with E-state index in [0.717, 1.165) is 29.9 Å². The predicted molar refractivity (Wildman–Crippen MR) is 126 cm³/mol. The van der Waals surface area contributed by atoms with Crippen LogP contribution in [0.3, 0.4) is 0 Å². The third-order valence-electron chi connectivity index (χ3n) is 5.28. The molecule has 0 radical (unpaired) electrons. The fourth-order valence-corrected chi connectivity index (χ4v) is 4.87. The molecule has 1 aromatic heterocycles. The first-order chi connectivity index (χ1) is 15.4. The van der Waals surface area contributed by atoms with Crippen molar-refractivity contribution in [3.05, 3.63) is 54.1 Å². The molecule has 1 saturated heterocycles. The van der Waals surface area contributed by atoms with Gasteiger partial charge in [0.2, 0.25) is 16.0 Å². The number of nitrogens with two attached hydrogens (primary N) is 1. The minimum absolute atomic E-state index is 0.0654. The monoisotopic (exact) mass is 473 g/mol. The highest BCUT2D eigenvalue weighted by Crippen LogP contribution is 2.28. The van der Waals surface area contributed by atoms with Crippen molar-refractivity contribution in [2.75, 3.05) is 30.3 Å². The van der Waals surface area contributed by atoms with Gasteiger partial charge in [-0.25, -0.2) is 13.6 Å². The van der Waals surface area contributed by atoms with Crippen LogP contribution in [0.1, 0.15) is 24.8 Å². The molecule has 0 atom stereocenters. The first kappa shape index (κ1) is 22.6. The molecular weight excluding hydrogens is 446 g/mol. The Bertz CT molecular complexity index is 1140. The molecule has 0 bridgehead atoms. The summed E-state index contributed by atoms with van der Waals surface area (Å²) in [5.74, 6) is 2.14. The van der Waals surface area contributed by atoms with Crippen LogP contribution in [0.5, 0.6) is 5.75 Å². The van der Waals surface area contributed by atoms with Gasteiger partial charge in [0.25, 0.3) is 0 Å². The third kappa shape index (κ3) is 5.43. The van der Waals surface area contributed by atoms with Crippen LogP contribution in [0.4, 0.5) is 5.95 Å². The number of piperidine rings is 1. The Hall–Kier alpha value is -2.56. The second-order valence-corrected chi connectivity index (χ2v) is 10.3. The third-order valence-corrected chi connectivity index (χ3v) is 7.11. The SMILES string of the molecule is Cc1ccc(-n2c(SCCOc3ccc(S(N)(=O)=O)cc3)nnc2N2CCCCC2)cc1. The normalized spacial score (nSPS) is 14.5.